The van der Waals surface area contributed by atoms with Crippen molar-refractivity contribution in [2.24, 2.45) is 10.2 Å². The van der Waals surface area contributed by atoms with Crippen molar-refractivity contribution in [3.63, 3.8) is 0 Å². The lowest BCUT2D eigenvalue weighted by Crippen LogP contribution is -2.14. The van der Waals surface area contributed by atoms with Gasteiger partial charge in [0.2, 0.25) is 11.9 Å². The van der Waals surface area contributed by atoms with Gasteiger partial charge in [0.15, 0.2) is 0 Å². The van der Waals surface area contributed by atoms with Crippen molar-refractivity contribution in [1.29, 1.82) is 0 Å². The fraction of sp³-hybridized carbons (Fsp3) is 0. The van der Waals surface area contributed by atoms with Gasteiger partial charge in [0.25, 0.3) is 18.1 Å². The van der Waals surface area contributed by atoms with Crippen molar-refractivity contribution in [2.45, 2.75) is 0 Å². The van der Waals surface area contributed by atoms with Crippen LogP contribution in [0.25, 0.3) is 0 Å². The van der Waals surface area contributed by atoms with Crippen molar-refractivity contribution >= 4 is 30.0 Å². The minimum Gasteiger partial charge on any atom is -0.368 e. The van der Waals surface area contributed by atoms with E-state index < -0.39 is 0 Å². The number of nitrogens with two attached hydrogens (primary N) is 2. The van der Waals surface area contributed by atoms with Gasteiger partial charge in [0.05, 0.1) is 0 Å². The van der Waals surface area contributed by atoms with Crippen molar-refractivity contribution in [2.75, 3.05) is 16.6 Å². The van der Waals surface area contributed by atoms with Crippen molar-refractivity contribution in [3.8, 4) is 0 Å². The first kappa shape index (κ1) is 10.3. The van der Waals surface area contributed by atoms with Gasteiger partial charge < -0.3 is 11.5 Å². The van der Waals surface area contributed by atoms with Crippen molar-refractivity contribution < 1.29 is 9.59 Å². The summed E-state index contributed by atoms with van der Waals surface area (Å²) in [4.78, 5) is 30.5. The zero-order valence-corrected chi connectivity index (χ0v) is 7.15. The summed E-state index contributed by atoms with van der Waals surface area (Å²) in [5, 5.41) is 6.47. The molecule has 10 nitrogen and oxygen atoms in total. The number of nitrogen functional groups attached to an aromatic ring is 2. The Morgan fingerprint density at radius 3 is 1.87 bits per heavy atom. The predicted molar refractivity (Wildman–Crippen MR) is 47.4 cm³/mol. The highest BCUT2D eigenvalue weighted by molar-refractivity contribution is 5.46. The van der Waals surface area contributed by atoms with E-state index in [4.69, 9.17) is 11.5 Å². The number of carbonyl (C=O) groups excluding carboxylic acids is 2. The van der Waals surface area contributed by atoms with E-state index in [1.54, 1.807) is 0 Å². The number of rotatable bonds is 3. The van der Waals surface area contributed by atoms with Crippen molar-refractivity contribution in [3.05, 3.63) is 0 Å². The molecule has 0 aromatic carbocycles. The number of aromatic nitrogens is 3. The van der Waals surface area contributed by atoms with Gasteiger partial charge in [-0.15, -0.1) is 0 Å². The molecule has 0 bridgehead atoms. The van der Waals surface area contributed by atoms with Crippen LogP contribution in [0.5, 0.6) is 0 Å². The summed E-state index contributed by atoms with van der Waals surface area (Å²) in [6, 6.07) is 0. The molecule has 0 amide bonds. The van der Waals surface area contributed by atoms with Crippen LogP contribution < -0.4 is 16.6 Å². The van der Waals surface area contributed by atoms with E-state index >= 15 is 0 Å². The largest absolute Gasteiger partial charge is 0.368 e. The molecule has 1 rings (SSSR count). The van der Waals surface area contributed by atoms with Gasteiger partial charge in [0.1, 0.15) is 0 Å². The second kappa shape index (κ2) is 4.42. The molecule has 0 fully saturated rings. The number of isocyanates is 2. The second-order valence-electron chi connectivity index (χ2n) is 2.02. The topological polar surface area (TPSA) is 153 Å². The van der Waals surface area contributed by atoms with Crippen molar-refractivity contribution in [1.82, 2.24) is 15.0 Å². The van der Waals surface area contributed by atoms with Gasteiger partial charge in [0, 0.05) is 0 Å². The molecule has 0 atom stereocenters. The summed E-state index contributed by atoms with van der Waals surface area (Å²) >= 11 is 0. The van der Waals surface area contributed by atoms with Gasteiger partial charge in [-0.1, -0.05) is 15.3 Å². The van der Waals surface area contributed by atoms with E-state index in [0.29, 0.717) is 5.12 Å². The van der Waals surface area contributed by atoms with Gasteiger partial charge in [-0.3, -0.25) is 0 Å². The second-order valence-corrected chi connectivity index (χ2v) is 2.02. The van der Waals surface area contributed by atoms with Crippen LogP contribution in [0, 0.1) is 0 Å². The monoisotopic (exact) mass is 208 g/mol. The van der Waals surface area contributed by atoms with E-state index in [9.17, 15) is 9.59 Å². The lowest BCUT2D eigenvalue weighted by Gasteiger charge is -2.05. The SMILES string of the molecule is Nc1nc(N)nc(N(N=C=O)N=C=O)n1. The molecule has 76 valence electrons. The Morgan fingerprint density at radius 2 is 1.47 bits per heavy atom. The van der Waals surface area contributed by atoms with E-state index in [1.807, 2.05) is 0 Å². The molecular formula is C5H4N8O2. The molecule has 15 heavy (non-hydrogen) atoms. The molecular weight excluding hydrogens is 204 g/mol. The molecule has 0 spiro atoms. The normalized spacial score (nSPS) is 8.53. The molecule has 0 saturated carbocycles. The summed E-state index contributed by atoms with van der Waals surface area (Å²) in [5.74, 6) is -0.693. The summed E-state index contributed by atoms with van der Waals surface area (Å²) in [6.45, 7) is 0. The van der Waals surface area contributed by atoms with Crippen LogP contribution in [0.1, 0.15) is 0 Å². The fourth-order valence-corrected chi connectivity index (χ4v) is 0.676. The fourth-order valence-electron chi connectivity index (χ4n) is 0.676. The molecule has 0 saturated heterocycles. The zero-order valence-electron chi connectivity index (χ0n) is 7.15. The molecule has 1 aromatic rings. The molecule has 10 heteroatoms. The van der Waals surface area contributed by atoms with Crippen LogP contribution in [0.2, 0.25) is 0 Å². The van der Waals surface area contributed by atoms with Gasteiger partial charge in [-0.05, 0) is 0 Å². The smallest absolute Gasteiger partial charge is 0.277 e. The number of anilines is 3. The first-order valence-electron chi connectivity index (χ1n) is 3.40. The Kier molecular flexibility index (Phi) is 3.02. The maximum atomic E-state index is 9.98. The van der Waals surface area contributed by atoms with Crippen LogP contribution in [-0.4, -0.2) is 27.1 Å². The Balaban J connectivity index is 3.21. The first-order valence-corrected chi connectivity index (χ1v) is 3.40. The molecule has 0 aliphatic heterocycles. The van der Waals surface area contributed by atoms with Crippen LogP contribution >= 0.6 is 0 Å². The van der Waals surface area contributed by atoms with E-state index in [-0.39, 0.29) is 17.8 Å². The standard InChI is InChI=1S/C5H4N8O2/c6-3-10-4(7)12-5(11-3)13(8-1-14)9-2-15/h(H4,6,7,10,11,12). The highest BCUT2D eigenvalue weighted by Crippen LogP contribution is 2.09. The lowest BCUT2D eigenvalue weighted by atomic mass is 10.8. The van der Waals surface area contributed by atoms with E-state index in [1.165, 1.54) is 0 Å². The average Bonchev–Trinajstić information content (AvgIpc) is 2.16. The minimum atomic E-state index is -0.285. The average molecular weight is 208 g/mol. The Morgan fingerprint density at radius 1 is 1.00 bits per heavy atom. The minimum absolute atomic E-state index is 0.204. The third kappa shape index (κ3) is 2.56. The maximum absolute atomic E-state index is 9.98. The highest BCUT2D eigenvalue weighted by Gasteiger charge is 2.10. The summed E-state index contributed by atoms with van der Waals surface area (Å²) < 4.78 is 0. The molecule has 1 aromatic heterocycles. The van der Waals surface area contributed by atoms with Crippen LogP contribution in [-0.2, 0) is 9.59 Å². The Bertz CT molecular complexity index is 422. The van der Waals surface area contributed by atoms with Gasteiger partial charge in [-0.25, -0.2) is 9.59 Å². The molecule has 1 heterocycles. The third-order valence-electron chi connectivity index (χ3n) is 1.11. The zero-order chi connectivity index (χ0) is 11.3. The molecule has 0 unspecified atom stereocenters. The molecule has 0 aliphatic carbocycles. The summed E-state index contributed by atoms with van der Waals surface area (Å²) in [5.41, 5.74) is 10.5. The maximum Gasteiger partial charge on any atom is 0.277 e. The first-order chi connectivity index (χ1) is 7.17. The Hall–Kier alpha value is -2.83. The highest BCUT2D eigenvalue weighted by atomic mass is 16.1. The number of hydrogen-bond acceptors (Lipinski definition) is 10. The van der Waals surface area contributed by atoms with E-state index in [2.05, 4.69) is 25.2 Å². The number of nitrogens with zero attached hydrogens (tertiary/aromatic N) is 6. The third-order valence-corrected chi connectivity index (χ3v) is 1.11. The molecule has 0 aliphatic rings. The van der Waals surface area contributed by atoms with Gasteiger partial charge >= 0.3 is 0 Å². The van der Waals surface area contributed by atoms with Gasteiger partial charge in [-0.2, -0.15) is 15.0 Å². The van der Waals surface area contributed by atoms with Crippen LogP contribution in [0.3, 0.4) is 0 Å². The quantitative estimate of drug-likeness (QED) is 0.340. The Labute approximate surface area is 82.3 Å². The number of hydrazone groups is 2. The van der Waals surface area contributed by atoms with Crippen LogP contribution in [0.15, 0.2) is 10.2 Å². The summed E-state index contributed by atoms with van der Waals surface area (Å²) in [6.07, 6.45) is 2.27. The van der Waals surface area contributed by atoms with E-state index in [0.717, 1.165) is 12.2 Å². The van der Waals surface area contributed by atoms with Crippen LogP contribution in [0.4, 0.5) is 17.8 Å². The predicted octanol–water partition coefficient (Wildman–Crippen LogP) is -1.66. The molecule has 0 radical (unpaired) electrons. The number of hydrogen-bond donors (Lipinski definition) is 2. The summed E-state index contributed by atoms with van der Waals surface area (Å²) in [7, 11) is 0. The molecule has 4 N–H and O–H groups in total. The lowest BCUT2D eigenvalue weighted by molar-refractivity contribution is 0.557.